The molecule has 0 atom stereocenters. The Morgan fingerprint density at radius 1 is 1.23 bits per heavy atom. The van der Waals surface area contributed by atoms with Crippen LogP contribution in [0.5, 0.6) is 5.75 Å². The predicted molar refractivity (Wildman–Crippen MR) is 85.4 cm³/mol. The van der Waals surface area contributed by atoms with Gasteiger partial charge in [-0.05, 0) is 59.8 Å². The van der Waals surface area contributed by atoms with Crippen molar-refractivity contribution in [3.8, 4) is 11.8 Å². The molecular formula is C16H16BrF2NOS. The van der Waals surface area contributed by atoms with Crippen molar-refractivity contribution in [3.05, 3.63) is 22.7 Å². The molecule has 0 saturated heterocycles. The van der Waals surface area contributed by atoms with Crippen molar-refractivity contribution in [1.82, 2.24) is 0 Å². The number of nitriles is 1. The summed E-state index contributed by atoms with van der Waals surface area (Å²) in [7, 11) is 0. The van der Waals surface area contributed by atoms with Crippen LogP contribution >= 0.6 is 27.7 Å². The number of rotatable bonds is 4. The minimum Gasteiger partial charge on any atom is -0.489 e. The molecule has 0 spiro atoms. The molecule has 2 fully saturated rings. The van der Waals surface area contributed by atoms with E-state index in [2.05, 4.69) is 22.0 Å². The largest absolute Gasteiger partial charge is 0.489 e. The van der Waals surface area contributed by atoms with Gasteiger partial charge in [-0.15, -0.1) is 11.8 Å². The molecule has 0 N–H and O–H groups in total. The zero-order chi connectivity index (χ0) is 15.8. The lowest BCUT2D eigenvalue weighted by atomic mass is 9.94. The standard InChI is InChI=1S/C16H16BrF2NOS/c17-13-9-12(22-15(10-20)7-8-15)1-2-14(13)21-11-3-5-16(18,19)6-4-11/h1-2,9,11H,3-8H2. The van der Waals surface area contributed by atoms with Gasteiger partial charge in [-0.1, -0.05) is 0 Å². The molecule has 0 aliphatic heterocycles. The van der Waals surface area contributed by atoms with E-state index in [1.807, 2.05) is 18.2 Å². The Morgan fingerprint density at radius 2 is 1.91 bits per heavy atom. The van der Waals surface area contributed by atoms with Crippen LogP contribution in [0.15, 0.2) is 27.6 Å². The van der Waals surface area contributed by atoms with Gasteiger partial charge in [0.15, 0.2) is 0 Å². The van der Waals surface area contributed by atoms with E-state index >= 15 is 0 Å². The first-order valence-corrected chi connectivity index (χ1v) is 8.97. The van der Waals surface area contributed by atoms with Crippen molar-refractivity contribution >= 4 is 27.7 Å². The molecule has 2 aliphatic rings. The van der Waals surface area contributed by atoms with Crippen LogP contribution in [-0.2, 0) is 0 Å². The van der Waals surface area contributed by atoms with Crippen LogP contribution in [0.4, 0.5) is 8.78 Å². The highest BCUT2D eigenvalue weighted by Gasteiger charge is 2.44. The van der Waals surface area contributed by atoms with E-state index < -0.39 is 5.92 Å². The van der Waals surface area contributed by atoms with Crippen molar-refractivity contribution in [1.29, 1.82) is 5.26 Å². The maximum atomic E-state index is 13.2. The van der Waals surface area contributed by atoms with Gasteiger partial charge in [0.2, 0.25) is 5.92 Å². The number of benzene rings is 1. The Kier molecular flexibility index (Phi) is 4.39. The van der Waals surface area contributed by atoms with Crippen LogP contribution < -0.4 is 4.74 Å². The molecule has 0 amide bonds. The monoisotopic (exact) mass is 387 g/mol. The fourth-order valence-electron chi connectivity index (χ4n) is 2.53. The molecular weight excluding hydrogens is 372 g/mol. The van der Waals surface area contributed by atoms with E-state index in [1.165, 1.54) is 0 Å². The summed E-state index contributed by atoms with van der Waals surface area (Å²) in [6, 6.07) is 8.08. The van der Waals surface area contributed by atoms with Crippen LogP contribution in [0.3, 0.4) is 0 Å². The fraction of sp³-hybridized carbons (Fsp3) is 0.562. The molecule has 0 unspecified atom stereocenters. The molecule has 2 aliphatic carbocycles. The predicted octanol–water partition coefficient (Wildman–Crippen LogP) is 5.55. The van der Waals surface area contributed by atoms with Crippen LogP contribution in [0.2, 0.25) is 0 Å². The number of ether oxygens (including phenoxy) is 1. The lowest BCUT2D eigenvalue weighted by Gasteiger charge is -2.29. The van der Waals surface area contributed by atoms with Crippen molar-refractivity contribution in [2.24, 2.45) is 0 Å². The molecule has 6 heteroatoms. The summed E-state index contributed by atoms with van der Waals surface area (Å²) in [4.78, 5) is 1.02. The molecule has 2 nitrogen and oxygen atoms in total. The minimum atomic E-state index is -2.53. The lowest BCUT2D eigenvalue weighted by molar-refractivity contribution is -0.0583. The second-order valence-corrected chi connectivity index (χ2v) is 8.28. The summed E-state index contributed by atoms with van der Waals surface area (Å²) in [5.41, 5.74) is 0. The molecule has 0 radical (unpaired) electrons. The van der Waals surface area contributed by atoms with Gasteiger partial charge in [0, 0.05) is 17.7 Å². The Bertz CT molecular complexity index is 603. The van der Waals surface area contributed by atoms with Crippen molar-refractivity contribution < 1.29 is 13.5 Å². The number of halogens is 3. The summed E-state index contributed by atoms with van der Waals surface area (Å²) in [5, 5.41) is 9.13. The zero-order valence-electron chi connectivity index (χ0n) is 11.9. The highest BCUT2D eigenvalue weighted by atomic mass is 79.9. The van der Waals surface area contributed by atoms with E-state index in [1.54, 1.807) is 11.8 Å². The third-order valence-corrected chi connectivity index (χ3v) is 6.08. The van der Waals surface area contributed by atoms with Gasteiger partial charge < -0.3 is 4.74 Å². The molecule has 0 bridgehead atoms. The number of hydrogen-bond acceptors (Lipinski definition) is 3. The highest BCUT2D eigenvalue weighted by molar-refractivity contribution is 9.10. The van der Waals surface area contributed by atoms with Crippen LogP contribution in [-0.4, -0.2) is 16.8 Å². The quantitative estimate of drug-likeness (QED) is 0.678. The number of hydrogen-bond donors (Lipinski definition) is 0. The van der Waals surface area contributed by atoms with Crippen molar-refractivity contribution in [2.45, 2.75) is 60.2 Å². The summed E-state index contributed by atoms with van der Waals surface area (Å²) >= 11 is 5.06. The molecule has 22 heavy (non-hydrogen) atoms. The van der Waals surface area contributed by atoms with Crippen LogP contribution in [0, 0.1) is 11.3 Å². The van der Waals surface area contributed by atoms with Crippen molar-refractivity contribution in [2.75, 3.05) is 0 Å². The van der Waals surface area contributed by atoms with E-state index in [0.29, 0.717) is 18.6 Å². The summed E-state index contributed by atoms with van der Waals surface area (Å²) in [6.07, 6.45) is 2.27. The zero-order valence-corrected chi connectivity index (χ0v) is 14.4. The molecule has 0 aromatic heterocycles. The second kappa shape index (κ2) is 6.01. The number of thioether (sulfide) groups is 1. The number of nitrogens with zero attached hydrogens (tertiary/aromatic N) is 1. The SMILES string of the molecule is N#CC1(Sc2ccc(OC3CCC(F)(F)CC3)c(Br)c2)CC1. The molecule has 3 rings (SSSR count). The molecule has 2 saturated carbocycles. The summed E-state index contributed by atoms with van der Waals surface area (Å²) in [5.74, 6) is -1.85. The topological polar surface area (TPSA) is 33.0 Å². The fourth-order valence-corrected chi connectivity index (χ4v) is 4.27. The Labute approximate surface area is 141 Å². The van der Waals surface area contributed by atoms with Gasteiger partial charge in [-0.2, -0.15) is 5.26 Å². The van der Waals surface area contributed by atoms with Gasteiger partial charge in [-0.3, -0.25) is 0 Å². The first-order valence-electron chi connectivity index (χ1n) is 7.36. The second-order valence-electron chi connectivity index (χ2n) is 5.97. The highest BCUT2D eigenvalue weighted by Crippen LogP contribution is 2.51. The average Bonchev–Trinajstić information content (AvgIpc) is 3.24. The Balaban J connectivity index is 1.62. The smallest absolute Gasteiger partial charge is 0.248 e. The summed E-state index contributed by atoms with van der Waals surface area (Å²) < 4.78 is 32.7. The van der Waals surface area contributed by atoms with Gasteiger partial charge in [0.1, 0.15) is 10.5 Å². The van der Waals surface area contributed by atoms with E-state index in [9.17, 15) is 8.78 Å². The first-order chi connectivity index (χ1) is 10.4. The lowest BCUT2D eigenvalue weighted by Crippen LogP contribution is -2.30. The Morgan fingerprint density at radius 3 is 2.45 bits per heavy atom. The van der Waals surface area contributed by atoms with Gasteiger partial charge in [0.05, 0.1) is 16.6 Å². The van der Waals surface area contributed by atoms with E-state index in [0.717, 1.165) is 22.2 Å². The molecule has 1 aromatic rings. The average molecular weight is 388 g/mol. The molecule has 0 heterocycles. The van der Waals surface area contributed by atoms with Gasteiger partial charge >= 0.3 is 0 Å². The Hall–Kier alpha value is -0.800. The van der Waals surface area contributed by atoms with E-state index in [-0.39, 0.29) is 23.7 Å². The third-order valence-electron chi connectivity index (χ3n) is 4.08. The van der Waals surface area contributed by atoms with Gasteiger partial charge in [-0.25, -0.2) is 8.78 Å². The maximum absolute atomic E-state index is 13.2. The first kappa shape index (κ1) is 16.1. The van der Waals surface area contributed by atoms with Crippen LogP contribution in [0.25, 0.3) is 0 Å². The normalized spacial score (nSPS) is 22.8. The van der Waals surface area contributed by atoms with E-state index in [4.69, 9.17) is 10.00 Å². The van der Waals surface area contributed by atoms with Crippen molar-refractivity contribution in [3.63, 3.8) is 0 Å². The number of alkyl halides is 2. The third kappa shape index (κ3) is 3.75. The summed E-state index contributed by atoms with van der Waals surface area (Å²) in [6.45, 7) is 0. The van der Waals surface area contributed by atoms with Gasteiger partial charge in [0.25, 0.3) is 0 Å². The van der Waals surface area contributed by atoms with Crippen LogP contribution in [0.1, 0.15) is 38.5 Å². The minimum absolute atomic E-state index is 0.103. The molecule has 1 aromatic carbocycles. The molecule has 118 valence electrons. The maximum Gasteiger partial charge on any atom is 0.248 e.